The van der Waals surface area contributed by atoms with Crippen LogP contribution in [-0.2, 0) is 14.3 Å². The smallest absolute Gasteiger partial charge is 0.311 e. The molecule has 1 N–H and O–H groups in total. The maximum atomic E-state index is 14.1. The Kier molecular flexibility index (Phi) is 9.92. The minimum atomic E-state index is -1.33. The summed E-state index contributed by atoms with van der Waals surface area (Å²) in [4.78, 5) is 45.7. The van der Waals surface area contributed by atoms with E-state index in [0.29, 0.717) is 24.4 Å². The molecule has 0 spiro atoms. The summed E-state index contributed by atoms with van der Waals surface area (Å²) in [5.74, 6) is -1.91. The van der Waals surface area contributed by atoms with Gasteiger partial charge in [-0.2, -0.15) is 4.39 Å². The summed E-state index contributed by atoms with van der Waals surface area (Å²) in [5, 5.41) is 32.5. The van der Waals surface area contributed by atoms with Crippen molar-refractivity contribution in [2.75, 3.05) is 37.0 Å². The standard InChI is InChI=1S/C22H25FN6O8/c1-5-27(8-7-22(31)37-6-2)20-10-15(24-13(3)30)16(11-21(20)36-4)25-26-17-9-14(23)18(28(32)33)12-19(17)29(34)35/h9-12H,5-8H2,1-4H3,(H,24,30)/b26-25+. The molecule has 2 rings (SSSR count). The highest BCUT2D eigenvalue weighted by Crippen LogP contribution is 2.41. The van der Waals surface area contributed by atoms with Crippen LogP contribution >= 0.6 is 0 Å². The summed E-state index contributed by atoms with van der Waals surface area (Å²) in [6.07, 6.45) is 0.0944. The van der Waals surface area contributed by atoms with Crippen LogP contribution in [0.5, 0.6) is 5.75 Å². The number of hydrogen-bond donors (Lipinski definition) is 1. The first kappa shape index (κ1) is 28.5. The predicted octanol–water partition coefficient (Wildman–Crippen LogP) is 4.80. The second kappa shape index (κ2) is 12.9. The van der Waals surface area contributed by atoms with Crippen molar-refractivity contribution < 1.29 is 33.3 Å². The molecule has 0 bridgehead atoms. The highest BCUT2D eigenvalue weighted by atomic mass is 19.1. The maximum absolute atomic E-state index is 14.1. The van der Waals surface area contributed by atoms with Gasteiger partial charge < -0.3 is 19.7 Å². The van der Waals surface area contributed by atoms with Gasteiger partial charge in [0.1, 0.15) is 11.4 Å². The van der Waals surface area contributed by atoms with E-state index in [1.54, 1.807) is 11.8 Å². The molecule has 0 atom stereocenters. The van der Waals surface area contributed by atoms with Gasteiger partial charge in [-0.05, 0) is 19.9 Å². The lowest BCUT2D eigenvalue weighted by molar-refractivity contribution is -0.395. The predicted molar refractivity (Wildman–Crippen MR) is 130 cm³/mol. The average molecular weight is 520 g/mol. The van der Waals surface area contributed by atoms with E-state index in [4.69, 9.17) is 9.47 Å². The number of anilines is 2. The van der Waals surface area contributed by atoms with Gasteiger partial charge in [0.05, 0.1) is 47.4 Å². The molecular weight excluding hydrogens is 495 g/mol. The van der Waals surface area contributed by atoms with Crippen molar-refractivity contribution in [2.24, 2.45) is 10.2 Å². The number of carbonyl (C=O) groups excluding carboxylic acids is 2. The molecule has 14 nitrogen and oxygen atoms in total. The lowest BCUT2D eigenvalue weighted by Gasteiger charge is -2.26. The van der Waals surface area contributed by atoms with Crippen LogP contribution in [0.2, 0.25) is 0 Å². The van der Waals surface area contributed by atoms with Crippen molar-refractivity contribution in [3.05, 3.63) is 50.3 Å². The third kappa shape index (κ3) is 7.39. The number of nitrogens with one attached hydrogen (secondary N) is 1. The number of azo groups is 1. The number of rotatable bonds is 12. The zero-order valence-electron chi connectivity index (χ0n) is 20.5. The minimum absolute atomic E-state index is 0.00491. The second-order valence-electron chi connectivity index (χ2n) is 7.36. The Morgan fingerprint density at radius 1 is 1.05 bits per heavy atom. The van der Waals surface area contributed by atoms with Crippen molar-refractivity contribution in [2.45, 2.75) is 27.2 Å². The lowest BCUT2D eigenvalue weighted by Crippen LogP contribution is -2.27. The molecule has 1 amide bonds. The van der Waals surface area contributed by atoms with E-state index in [1.165, 1.54) is 26.2 Å². The van der Waals surface area contributed by atoms with Gasteiger partial charge in [0, 0.05) is 32.1 Å². The first-order chi connectivity index (χ1) is 17.5. The Balaban J connectivity index is 2.57. The molecule has 0 unspecified atom stereocenters. The van der Waals surface area contributed by atoms with Crippen molar-refractivity contribution in [1.82, 2.24) is 0 Å². The lowest BCUT2D eigenvalue weighted by atomic mass is 10.2. The molecular formula is C22H25FN6O8. The van der Waals surface area contributed by atoms with Crippen LogP contribution in [0, 0.1) is 26.0 Å². The fourth-order valence-corrected chi connectivity index (χ4v) is 3.26. The van der Waals surface area contributed by atoms with Crippen molar-refractivity contribution in [1.29, 1.82) is 0 Å². The average Bonchev–Trinajstić information content (AvgIpc) is 2.83. The molecule has 0 aliphatic heterocycles. The van der Waals surface area contributed by atoms with Gasteiger partial charge in [0.2, 0.25) is 11.7 Å². The Hall–Kier alpha value is -4.69. The summed E-state index contributed by atoms with van der Waals surface area (Å²) >= 11 is 0. The first-order valence-corrected chi connectivity index (χ1v) is 11.0. The van der Waals surface area contributed by atoms with Gasteiger partial charge in [-0.3, -0.25) is 29.8 Å². The number of esters is 1. The number of hydrogen-bond acceptors (Lipinski definition) is 11. The number of benzene rings is 2. The van der Waals surface area contributed by atoms with E-state index >= 15 is 0 Å². The minimum Gasteiger partial charge on any atom is -0.494 e. The summed E-state index contributed by atoms with van der Waals surface area (Å²) in [5.41, 5.74) is -1.84. The quantitative estimate of drug-likeness (QED) is 0.178. The van der Waals surface area contributed by atoms with Crippen LogP contribution in [-0.4, -0.2) is 48.5 Å². The number of carbonyl (C=O) groups is 2. The molecule has 198 valence electrons. The zero-order valence-corrected chi connectivity index (χ0v) is 20.5. The number of nitrogens with zero attached hydrogens (tertiary/aromatic N) is 5. The molecule has 37 heavy (non-hydrogen) atoms. The van der Waals surface area contributed by atoms with Gasteiger partial charge in [-0.15, -0.1) is 10.2 Å². The number of methoxy groups -OCH3 is 1. The molecule has 0 saturated carbocycles. The molecule has 2 aromatic carbocycles. The SMILES string of the molecule is CCOC(=O)CCN(CC)c1cc(NC(C)=O)c(/N=N/c2cc(F)c([N+](=O)[O-])cc2[N+](=O)[O-])cc1OC. The summed E-state index contributed by atoms with van der Waals surface area (Å²) in [6.45, 7) is 5.78. The van der Waals surface area contributed by atoms with E-state index in [-0.39, 0.29) is 42.7 Å². The normalized spacial score (nSPS) is 10.7. The highest BCUT2D eigenvalue weighted by molar-refractivity contribution is 5.94. The van der Waals surface area contributed by atoms with Crippen LogP contribution in [0.15, 0.2) is 34.5 Å². The van der Waals surface area contributed by atoms with Crippen molar-refractivity contribution in [3.63, 3.8) is 0 Å². The van der Waals surface area contributed by atoms with Gasteiger partial charge in [-0.25, -0.2) is 0 Å². The zero-order chi connectivity index (χ0) is 27.7. The molecule has 2 aromatic rings. The molecule has 0 aromatic heterocycles. The van der Waals surface area contributed by atoms with Crippen LogP contribution in [0.4, 0.5) is 38.5 Å². The van der Waals surface area contributed by atoms with Gasteiger partial charge in [0.25, 0.3) is 0 Å². The fourth-order valence-electron chi connectivity index (χ4n) is 3.26. The Morgan fingerprint density at radius 2 is 1.70 bits per heavy atom. The molecule has 0 heterocycles. The van der Waals surface area contributed by atoms with E-state index in [0.717, 1.165) is 0 Å². The molecule has 0 radical (unpaired) electrons. The number of ether oxygens (including phenoxy) is 2. The number of nitro benzene ring substituents is 2. The largest absolute Gasteiger partial charge is 0.494 e. The molecule has 0 aliphatic rings. The third-order valence-electron chi connectivity index (χ3n) is 4.92. The van der Waals surface area contributed by atoms with E-state index < -0.39 is 38.6 Å². The summed E-state index contributed by atoms with van der Waals surface area (Å²) in [6, 6.07) is 3.89. The van der Waals surface area contributed by atoms with E-state index in [9.17, 15) is 34.2 Å². The Labute approximate surface area is 210 Å². The maximum Gasteiger partial charge on any atom is 0.311 e. The second-order valence-corrected chi connectivity index (χ2v) is 7.36. The van der Waals surface area contributed by atoms with Crippen LogP contribution < -0.4 is 15.0 Å². The topological polar surface area (TPSA) is 179 Å². The van der Waals surface area contributed by atoms with Crippen LogP contribution in [0.1, 0.15) is 27.2 Å². The van der Waals surface area contributed by atoms with Gasteiger partial charge in [0.15, 0.2) is 5.69 Å². The molecule has 0 fully saturated rings. The van der Waals surface area contributed by atoms with Gasteiger partial charge >= 0.3 is 17.3 Å². The summed E-state index contributed by atoms with van der Waals surface area (Å²) in [7, 11) is 1.38. The Morgan fingerprint density at radius 3 is 2.24 bits per heavy atom. The monoisotopic (exact) mass is 520 g/mol. The highest BCUT2D eigenvalue weighted by Gasteiger charge is 2.25. The number of nitro groups is 2. The first-order valence-electron chi connectivity index (χ1n) is 11.0. The molecule has 15 heteroatoms. The fraction of sp³-hybridized carbons (Fsp3) is 0.364. The Bertz CT molecular complexity index is 1240. The third-order valence-corrected chi connectivity index (χ3v) is 4.92. The van der Waals surface area contributed by atoms with Gasteiger partial charge in [-0.1, -0.05) is 0 Å². The van der Waals surface area contributed by atoms with Crippen molar-refractivity contribution in [3.8, 4) is 5.75 Å². The van der Waals surface area contributed by atoms with Crippen LogP contribution in [0.3, 0.4) is 0 Å². The van der Waals surface area contributed by atoms with E-state index in [2.05, 4.69) is 15.5 Å². The summed E-state index contributed by atoms with van der Waals surface area (Å²) < 4.78 is 24.5. The molecule has 0 saturated heterocycles. The van der Waals surface area contributed by atoms with Crippen molar-refractivity contribution >= 4 is 46.0 Å². The molecule has 0 aliphatic carbocycles. The number of amides is 1. The van der Waals surface area contributed by atoms with Crippen LogP contribution in [0.25, 0.3) is 0 Å². The number of halogens is 1. The van der Waals surface area contributed by atoms with E-state index in [1.807, 2.05) is 6.92 Å².